The summed E-state index contributed by atoms with van der Waals surface area (Å²) in [7, 11) is -5.92. The highest BCUT2D eigenvalue weighted by atomic mass is 32.2. The second-order valence-electron chi connectivity index (χ2n) is 14.4. The zero-order chi connectivity index (χ0) is 34.3. The molecule has 1 N–H and O–H groups in total. The standard InChI is InChI=1S/C28H33F6NO11S/c1-11(2)35-17-18-15(21(35)36)16(22(37)42-10-27(33,34)47(39,40)41)19(45-18)20(17)46-23(38)24-5-12-3-13(6-24)28(14(4-12)7-24)43-8-25(29,30)26(31,32)9-44-28/h11-20H,3-10H2,1-2H3,(H,39,40,41). The summed E-state index contributed by atoms with van der Waals surface area (Å²) in [6.45, 7) is -1.78. The van der Waals surface area contributed by atoms with Gasteiger partial charge in [-0.25, -0.2) is 0 Å². The summed E-state index contributed by atoms with van der Waals surface area (Å²) in [5.74, 6) is -17.5. The molecule has 6 bridgehead atoms. The molecule has 1 amide bonds. The lowest BCUT2D eigenvalue weighted by molar-refractivity contribution is -0.346. The predicted octanol–water partition coefficient (Wildman–Crippen LogP) is 2.39. The minimum Gasteiger partial charge on any atom is -0.458 e. The monoisotopic (exact) mass is 705 g/mol. The number of carbonyl (C=O) groups is 3. The number of ether oxygens (including phenoxy) is 5. The van der Waals surface area contributed by atoms with Gasteiger partial charge in [-0.15, -0.1) is 0 Å². The summed E-state index contributed by atoms with van der Waals surface area (Å²) in [5.41, 5.74) is -1.19. The Kier molecular flexibility index (Phi) is 7.20. The molecule has 8 unspecified atom stereocenters. The maximum Gasteiger partial charge on any atom is 0.402 e. The molecule has 264 valence electrons. The van der Waals surface area contributed by atoms with Gasteiger partial charge in [-0.1, -0.05) is 0 Å². The van der Waals surface area contributed by atoms with Gasteiger partial charge >= 0.3 is 39.2 Å². The molecule has 19 heteroatoms. The van der Waals surface area contributed by atoms with Gasteiger partial charge in [0.05, 0.1) is 23.5 Å². The van der Waals surface area contributed by atoms with Crippen LogP contribution in [0.2, 0.25) is 0 Å². The number of rotatable bonds is 7. The van der Waals surface area contributed by atoms with Crippen molar-refractivity contribution < 1.29 is 77.4 Å². The molecule has 4 saturated carbocycles. The van der Waals surface area contributed by atoms with Crippen LogP contribution in [0, 0.1) is 35.0 Å². The van der Waals surface area contributed by atoms with Crippen molar-refractivity contribution in [2.75, 3.05) is 19.8 Å². The molecule has 0 aromatic carbocycles. The van der Waals surface area contributed by atoms with E-state index in [4.69, 9.17) is 23.5 Å². The second kappa shape index (κ2) is 10.2. The van der Waals surface area contributed by atoms with Gasteiger partial charge in [0.15, 0.2) is 18.5 Å². The topological polar surface area (TPSA) is 155 Å². The van der Waals surface area contributed by atoms with E-state index < -0.39 is 130 Å². The van der Waals surface area contributed by atoms with E-state index in [0.717, 1.165) is 0 Å². The molecule has 0 aromatic rings. The number of halogens is 6. The van der Waals surface area contributed by atoms with Crippen molar-refractivity contribution in [3.8, 4) is 0 Å². The van der Waals surface area contributed by atoms with Gasteiger partial charge in [0.25, 0.3) is 0 Å². The molecule has 8 atom stereocenters. The normalized spacial score (nSPS) is 42.3. The van der Waals surface area contributed by atoms with E-state index in [1.165, 1.54) is 4.90 Å². The maximum absolute atomic E-state index is 14.2. The molecule has 4 heterocycles. The highest BCUT2D eigenvalue weighted by molar-refractivity contribution is 7.86. The quantitative estimate of drug-likeness (QED) is 0.236. The Labute approximate surface area is 264 Å². The van der Waals surface area contributed by atoms with Crippen molar-refractivity contribution in [3.05, 3.63) is 0 Å². The molecule has 4 aliphatic carbocycles. The molecule has 4 saturated heterocycles. The van der Waals surface area contributed by atoms with Gasteiger partial charge in [0, 0.05) is 17.9 Å². The number of hydrogen-bond acceptors (Lipinski definition) is 10. The zero-order valence-electron chi connectivity index (χ0n) is 25.1. The van der Waals surface area contributed by atoms with Crippen molar-refractivity contribution in [1.29, 1.82) is 0 Å². The number of nitrogens with zero attached hydrogens (tertiary/aromatic N) is 1. The van der Waals surface area contributed by atoms with Gasteiger partial charge in [-0.05, 0) is 51.9 Å². The fourth-order valence-corrected chi connectivity index (χ4v) is 9.75. The number of carbonyl (C=O) groups excluding carboxylic acids is 3. The smallest absolute Gasteiger partial charge is 0.402 e. The van der Waals surface area contributed by atoms with Crippen molar-refractivity contribution in [1.82, 2.24) is 4.90 Å². The van der Waals surface area contributed by atoms with Crippen LogP contribution in [0.5, 0.6) is 0 Å². The maximum atomic E-state index is 14.2. The summed E-state index contributed by atoms with van der Waals surface area (Å²) in [4.78, 5) is 42.1. The second-order valence-corrected chi connectivity index (χ2v) is 15.9. The first kappa shape index (κ1) is 33.3. The largest absolute Gasteiger partial charge is 0.458 e. The first-order valence-corrected chi connectivity index (χ1v) is 16.8. The predicted molar refractivity (Wildman–Crippen MR) is 139 cm³/mol. The lowest BCUT2D eigenvalue weighted by atomic mass is 9.47. The van der Waals surface area contributed by atoms with Gasteiger partial charge in [0.1, 0.15) is 25.2 Å². The molecule has 1 spiro atoms. The third-order valence-electron chi connectivity index (χ3n) is 11.4. The molecule has 0 radical (unpaired) electrons. The van der Waals surface area contributed by atoms with Gasteiger partial charge in [-0.3, -0.25) is 18.9 Å². The molecular formula is C28H33F6NO11S. The molecule has 4 aliphatic heterocycles. The van der Waals surface area contributed by atoms with Gasteiger partial charge in [0.2, 0.25) is 5.91 Å². The molecule has 47 heavy (non-hydrogen) atoms. The summed E-state index contributed by atoms with van der Waals surface area (Å²) >= 11 is 0. The number of hydrogen-bond donors (Lipinski definition) is 1. The Morgan fingerprint density at radius 3 is 2.13 bits per heavy atom. The molecule has 8 rings (SSSR count). The van der Waals surface area contributed by atoms with E-state index in [2.05, 4.69) is 4.74 Å². The highest BCUT2D eigenvalue weighted by Crippen LogP contribution is 2.66. The molecular weight excluding hydrogens is 672 g/mol. The van der Waals surface area contributed by atoms with Crippen LogP contribution in [-0.2, 0) is 48.2 Å². The lowest BCUT2D eigenvalue weighted by Gasteiger charge is -2.62. The highest BCUT2D eigenvalue weighted by Gasteiger charge is 2.75. The molecule has 8 aliphatic rings. The van der Waals surface area contributed by atoms with Gasteiger partial charge < -0.3 is 28.6 Å². The summed E-state index contributed by atoms with van der Waals surface area (Å²) in [6.07, 6.45) is -2.40. The first-order chi connectivity index (χ1) is 21.6. The van der Waals surface area contributed by atoms with Crippen LogP contribution in [0.3, 0.4) is 0 Å². The van der Waals surface area contributed by atoms with E-state index in [-0.39, 0.29) is 18.8 Å². The average Bonchev–Trinajstić information content (AvgIpc) is 3.55. The van der Waals surface area contributed by atoms with Crippen molar-refractivity contribution in [3.63, 3.8) is 0 Å². The third kappa shape index (κ3) is 4.61. The lowest BCUT2D eigenvalue weighted by Crippen LogP contribution is -2.65. The minimum atomic E-state index is -5.92. The zero-order valence-corrected chi connectivity index (χ0v) is 25.9. The molecule has 12 nitrogen and oxygen atoms in total. The van der Waals surface area contributed by atoms with Crippen LogP contribution >= 0.6 is 0 Å². The Bertz CT molecular complexity index is 1460. The fourth-order valence-electron chi connectivity index (χ4n) is 9.54. The van der Waals surface area contributed by atoms with Crippen molar-refractivity contribution in [2.45, 2.75) is 99.2 Å². The summed E-state index contributed by atoms with van der Waals surface area (Å²) in [5, 5.41) is -4.83. The van der Waals surface area contributed by atoms with Crippen molar-refractivity contribution >= 4 is 28.0 Å². The molecule has 8 fully saturated rings. The van der Waals surface area contributed by atoms with E-state index in [1.54, 1.807) is 13.8 Å². The first-order valence-electron chi connectivity index (χ1n) is 15.4. The Hall–Kier alpha value is -2.22. The van der Waals surface area contributed by atoms with Crippen LogP contribution < -0.4 is 0 Å². The van der Waals surface area contributed by atoms with Crippen LogP contribution in [0.1, 0.15) is 46.0 Å². The van der Waals surface area contributed by atoms with Crippen molar-refractivity contribution in [2.24, 2.45) is 35.0 Å². The van der Waals surface area contributed by atoms with Crippen LogP contribution in [-0.4, -0.2) is 109 Å². The Morgan fingerprint density at radius 2 is 1.60 bits per heavy atom. The van der Waals surface area contributed by atoms with E-state index >= 15 is 0 Å². The molecule has 0 aromatic heterocycles. The summed E-state index contributed by atoms with van der Waals surface area (Å²) in [6, 6.07) is -1.31. The third-order valence-corrected chi connectivity index (χ3v) is 12.2. The van der Waals surface area contributed by atoms with E-state index in [9.17, 15) is 49.1 Å². The number of alkyl halides is 6. The minimum absolute atomic E-state index is 0.0218. The average molecular weight is 706 g/mol. The summed E-state index contributed by atoms with van der Waals surface area (Å²) < 4.78 is 143. The number of amides is 1. The van der Waals surface area contributed by atoms with Gasteiger partial charge in [-0.2, -0.15) is 34.8 Å². The van der Waals surface area contributed by atoms with E-state index in [1.807, 2.05) is 0 Å². The Balaban J connectivity index is 1.13. The van der Waals surface area contributed by atoms with E-state index in [0.29, 0.717) is 19.3 Å². The number of fused-ring (bicyclic) bond motifs is 1. The van der Waals surface area contributed by atoms with Crippen LogP contribution in [0.15, 0.2) is 0 Å². The Morgan fingerprint density at radius 1 is 1.02 bits per heavy atom. The fraction of sp³-hybridized carbons (Fsp3) is 0.893. The van der Waals surface area contributed by atoms with Crippen LogP contribution in [0.25, 0.3) is 0 Å². The number of likely N-dealkylation sites (tertiary alicyclic amines) is 1. The van der Waals surface area contributed by atoms with Crippen LogP contribution in [0.4, 0.5) is 26.3 Å². The SMILES string of the molecule is CC(C)N1C(=O)C2C3OC(C(OC(=O)C45CC6CC(C4)C4(OCC(F)(F)C(F)(F)CO4)C(C6)C5)C31)C2C(=O)OCC(F)(F)S(=O)(=O)O. The number of esters is 2.